The Morgan fingerprint density at radius 1 is 1.14 bits per heavy atom. The van der Waals surface area contributed by atoms with Crippen molar-refractivity contribution >= 4 is 27.7 Å². The van der Waals surface area contributed by atoms with Gasteiger partial charge in [-0.1, -0.05) is 36.4 Å². The molecule has 0 aliphatic rings. The van der Waals surface area contributed by atoms with Crippen molar-refractivity contribution < 1.29 is 4.79 Å². The third-order valence-corrected chi connectivity index (χ3v) is 5.06. The first-order chi connectivity index (χ1) is 13.6. The molecule has 1 unspecified atom stereocenters. The number of amides is 1. The summed E-state index contributed by atoms with van der Waals surface area (Å²) in [4.78, 5) is 25.4. The van der Waals surface area contributed by atoms with Gasteiger partial charge < -0.3 is 9.88 Å². The number of pyridine rings is 1. The number of nitrogens with zero attached hydrogens (tertiary/aromatic N) is 2. The second-order valence-electron chi connectivity index (χ2n) is 7.08. The molecule has 2 N–H and O–H groups in total. The zero-order chi connectivity index (χ0) is 19.7. The molecule has 0 spiro atoms. The predicted octanol–water partition coefficient (Wildman–Crippen LogP) is 3.39. The highest BCUT2D eigenvalue weighted by Gasteiger charge is 2.16. The summed E-state index contributed by atoms with van der Waals surface area (Å²) in [6, 6.07) is 16.9. The number of fused-ring (bicyclic) bond motifs is 3. The Kier molecular flexibility index (Phi) is 4.69. The van der Waals surface area contributed by atoms with Crippen molar-refractivity contribution in [1.82, 2.24) is 20.1 Å². The van der Waals surface area contributed by atoms with Gasteiger partial charge in [0.25, 0.3) is 11.5 Å². The molecule has 0 aliphatic carbocycles. The Hall–Kier alpha value is -3.41. The van der Waals surface area contributed by atoms with E-state index in [9.17, 15) is 9.59 Å². The van der Waals surface area contributed by atoms with Crippen molar-refractivity contribution in [2.45, 2.75) is 32.9 Å². The average molecular weight is 374 g/mol. The van der Waals surface area contributed by atoms with Crippen LogP contribution in [0.25, 0.3) is 21.8 Å². The molecule has 1 atom stereocenters. The number of aromatic amines is 1. The van der Waals surface area contributed by atoms with E-state index in [4.69, 9.17) is 0 Å². The Bertz CT molecular complexity index is 1210. The van der Waals surface area contributed by atoms with Crippen LogP contribution < -0.4 is 10.9 Å². The number of carbonyl (C=O) groups excluding carboxylic acids is 1. The van der Waals surface area contributed by atoms with Crippen LogP contribution in [0.2, 0.25) is 0 Å². The van der Waals surface area contributed by atoms with Gasteiger partial charge in [-0.2, -0.15) is 5.10 Å². The highest BCUT2D eigenvalue weighted by atomic mass is 16.1. The third kappa shape index (κ3) is 3.17. The summed E-state index contributed by atoms with van der Waals surface area (Å²) in [6.07, 6.45) is 0.644. The summed E-state index contributed by atoms with van der Waals surface area (Å²) in [6.45, 7) is 4.32. The number of aryl methyl sites for hydroxylation is 2. The van der Waals surface area contributed by atoms with Crippen LogP contribution in [0.15, 0.2) is 59.4 Å². The molecular weight excluding hydrogens is 352 g/mol. The zero-order valence-corrected chi connectivity index (χ0v) is 15.9. The number of carbonyl (C=O) groups is 1. The molecule has 2 heterocycles. The van der Waals surface area contributed by atoms with Crippen LogP contribution in [0.3, 0.4) is 0 Å². The van der Waals surface area contributed by atoms with Crippen molar-refractivity contribution in [3.05, 3.63) is 76.2 Å². The maximum Gasteiger partial charge on any atom is 0.262 e. The van der Waals surface area contributed by atoms with Crippen molar-refractivity contribution in [3.63, 3.8) is 0 Å². The van der Waals surface area contributed by atoms with E-state index in [1.807, 2.05) is 56.3 Å². The van der Waals surface area contributed by atoms with Gasteiger partial charge in [-0.25, -0.2) is 0 Å². The van der Waals surface area contributed by atoms with Crippen molar-refractivity contribution in [2.24, 2.45) is 0 Å². The number of aromatic nitrogens is 3. The van der Waals surface area contributed by atoms with E-state index in [-0.39, 0.29) is 17.5 Å². The molecule has 28 heavy (non-hydrogen) atoms. The Labute approximate surface area is 162 Å². The number of para-hydroxylation sites is 1. The molecule has 0 bridgehead atoms. The van der Waals surface area contributed by atoms with Crippen LogP contribution in [-0.2, 0) is 6.54 Å². The summed E-state index contributed by atoms with van der Waals surface area (Å²) in [5.41, 5.74) is 2.91. The Balaban J connectivity index is 1.61. The lowest BCUT2D eigenvalue weighted by Gasteiger charge is -2.16. The molecule has 0 aliphatic heterocycles. The van der Waals surface area contributed by atoms with Gasteiger partial charge in [0.2, 0.25) is 0 Å². The van der Waals surface area contributed by atoms with Crippen LogP contribution in [0, 0.1) is 6.92 Å². The molecule has 0 radical (unpaired) electrons. The van der Waals surface area contributed by atoms with Crippen molar-refractivity contribution in [3.8, 4) is 0 Å². The molecule has 0 fully saturated rings. The largest absolute Gasteiger partial charge is 0.350 e. The fourth-order valence-electron chi connectivity index (χ4n) is 3.55. The van der Waals surface area contributed by atoms with E-state index in [0.29, 0.717) is 29.4 Å². The van der Waals surface area contributed by atoms with E-state index in [1.54, 1.807) is 16.7 Å². The topological polar surface area (TPSA) is 79.8 Å². The quantitative estimate of drug-likeness (QED) is 0.562. The summed E-state index contributed by atoms with van der Waals surface area (Å²) < 4.78 is 1.78. The summed E-state index contributed by atoms with van der Waals surface area (Å²) in [5.74, 6) is -0.105. The van der Waals surface area contributed by atoms with Gasteiger partial charge >= 0.3 is 0 Å². The molecule has 2 aromatic heterocycles. The van der Waals surface area contributed by atoms with Gasteiger partial charge in [0.15, 0.2) is 0 Å². The number of H-pyrrole nitrogens is 1. The van der Waals surface area contributed by atoms with E-state index >= 15 is 0 Å². The lowest BCUT2D eigenvalue weighted by atomic mass is 10.1. The minimum atomic E-state index is -0.105. The van der Waals surface area contributed by atoms with Crippen LogP contribution >= 0.6 is 0 Å². The van der Waals surface area contributed by atoms with Crippen LogP contribution in [0.4, 0.5) is 0 Å². The standard InChI is InChI=1S/C22H22N4O2/c1-14(23-21(27)16-8-4-3-5-9-16)12-13-26-18-11-7-6-10-17(18)20-19(22(26)28)15(2)24-25-20/h3-11,14H,12-13H2,1-2H3,(H,23,27)(H,24,25). The monoisotopic (exact) mass is 374 g/mol. The van der Waals surface area contributed by atoms with Crippen LogP contribution in [0.1, 0.15) is 29.4 Å². The maximum absolute atomic E-state index is 13.1. The average Bonchev–Trinajstić information content (AvgIpc) is 3.10. The minimum Gasteiger partial charge on any atom is -0.350 e. The summed E-state index contributed by atoms with van der Waals surface area (Å²) >= 11 is 0. The van der Waals surface area contributed by atoms with Gasteiger partial charge in [0.05, 0.1) is 10.9 Å². The van der Waals surface area contributed by atoms with Gasteiger partial charge in [-0.15, -0.1) is 0 Å². The van der Waals surface area contributed by atoms with Gasteiger partial charge in [-0.05, 0) is 38.5 Å². The lowest BCUT2D eigenvalue weighted by Crippen LogP contribution is -2.34. The van der Waals surface area contributed by atoms with Crippen molar-refractivity contribution in [2.75, 3.05) is 0 Å². The Morgan fingerprint density at radius 3 is 2.64 bits per heavy atom. The summed E-state index contributed by atoms with van der Waals surface area (Å²) in [5, 5.41) is 11.8. The number of benzene rings is 2. The molecule has 142 valence electrons. The van der Waals surface area contributed by atoms with Crippen LogP contribution in [0.5, 0.6) is 0 Å². The number of hydrogen-bond acceptors (Lipinski definition) is 3. The highest BCUT2D eigenvalue weighted by molar-refractivity contribution is 6.03. The SMILES string of the molecule is Cc1[nH]nc2c1c(=O)n(CCC(C)NC(=O)c1ccccc1)c1ccccc21. The molecule has 2 aromatic carbocycles. The third-order valence-electron chi connectivity index (χ3n) is 5.06. The normalized spacial score (nSPS) is 12.4. The molecular formula is C22H22N4O2. The first kappa shape index (κ1) is 18.0. The van der Waals surface area contributed by atoms with E-state index in [2.05, 4.69) is 15.5 Å². The molecule has 1 amide bonds. The van der Waals surface area contributed by atoms with Gasteiger partial charge in [0, 0.05) is 29.2 Å². The van der Waals surface area contributed by atoms with Gasteiger partial charge in [-0.3, -0.25) is 14.7 Å². The van der Waals surface area contributed by atoms with E-state index in [1.165, 1.54) is 0 Å². The Morgan fingerprint density at radius 2 is 1.86 bits per heavy atom. The van der Waals surface area contributed by atoms with E-state index < -0.39 is 0 Å². The maximum atomic E-state index is 13.1. The van der Waals surface area contributed by atoms with Gasteiger partial charge in [0.1, 0.15) is 5.52 Å². The fourth-order valence-corrected chi connectivity index (χ4v) is 3.55. The first-order valence-corrected chi connectivity index (χ1v) is 9.38. The molecule has 6 nitrogen and oxygen atoms in total. The van der Waals surface area contributed by atoms with E-state index in [0.717, 1.165) is 16.6 Å². The molecule has 6 heteroatoms. The molecule has 4 rings (SSSR count). The minimum absolute atomic E-state index is 0.0541. The highest BCUT2D eigenvalue weighted by Crippen LogP contribution is 2.22. The second kappa shape index (κ2) is 7.31. The molecule has 0 saturated heterocycles. The molecule has 4 aromatic rings. The first-order valence-electron chi connectivity index (χ1n) is 9.38. The summed E-state index contributed by atoms with van der Waals surface area (Å²) in [7, 11) is 0. The molecule has 0 saturated carbocycles. The number of hydrogen-bond donors (Lipinski definition) is 2. The smallest absolute Gasteiger partial charge is 0.262 e. The van der Waals surface area contributed by atoms with Crippen molar-refractivity contribution in [1.29, 1.82) is 0 Å². The lowest BCUT2D eigenvalue weighted by molar-refractivity contribution is 0.0937. The van der Waals surface area contributed by atoms with Crippen LogP contribution in [-0.4, -0.2) is 26.7 Å². The zero-order valence-electron chi connectivity index (χ0n) is 15.9. The fraction of sp³-hybridized carbons (Fsp3) is 0.227. The second-order valence-corrected chi connectivity index (χ2v) is 7.08. The number of rotatable bonds is 5. The number of nitrogens with one attached hydrogen (secondary N) is 2. The predicted molar refractivity (Wildman–Crippen MR) is 111 cm³/mol.